The van der Waals surface area contributed by atoms with E-state index in [1.165, 1.54) is 11.3 Å². The highest BCUT2D eigenvalue weighted by molar-refractivity contribution is 9.10. The molecule has 0 aliphatic carbocycles. The van der Waals surface area contributed by atoms with E-state index in [1.54, 1.807) is 0 Å². The molecule has 1 unspecified atom stereocenters. The molecule has 0 saturated heterocycles. The maximum Gasteiger partial charge on any atom is 0.0738 e. The second-order valence-corrected chi connectivity index (χ2v) is 5.65. The molecule has 19 heavy (non-hydrogen) atoms. The van der Waals surface area contributed by atoms with Crippen LogP contribution in [0.4, 0.5) is 0 Å². The summed E-state index contributed by atoms with van der Waals surface area (Å²) in [5.74, 6) is 0. The minimum absolute atomic E-state index is 0.236. The minimum atomic E-state index is 0.236. The number of halogens is 1. The Balaban J connectivity index is 2.31. The lowest BCUT2D eigenvalue weighted by Crippen LogP contribution is -2.20. The van der Waals surface area contributed by atoms with E-state index >= 15 is 0 Å². The molecule has 0 amide bonds. The van der Waals surface area contributed by atoms with Crippen LogP contribution in [0.2, 0.25) is 0 Å². The van der Waals surface area contributed by atoms with Crippen molar-refractivity contribution in [2.24, 2.45) is 14.1 Å². The van der Waals surface area contributed by atoms with E-state index < -0.39 is 0 Å². The topological polar surface area (TPSA) is 47.7 Å². The molecule has 0 radical (unpaired) electrons. The first-order chi connectivity index (χ1) is 8.93. The molecule has 0 aromatic carbocycles. The lowest BCUT2D eigenvalue weighted by atomic mass is 10.0. The molecule has 2 aromatic rings. The van der Waals surface area contributed by atoms with Gasteiger partial charge in [0.1, 0.15) is 0 Å². The van der Waals surface area contributed by atoms with Gasteiger partial charge in [0.25, 0.3) is 0 Å². The summed E-state index contributed by atoms with van der Waals surface area (Å²) >= 11 is 3.62. The van der Waals surface area contributed by atoms with Crippen LogP contribution in [0.5, 0.6) is 0 Å². The first-order valence-electron chi connectivity index (χ1n) is 6.29. The lowest BCUT2D eigenvalue weighted by Gasteiger charge is -2.16. The molecule has 0 fully saturated rings. The molecule has 5 nitrogen and oxygen atoms in total. The van der Waals surface area contributed by atoms with E-state index in [2.05, 4.69) is 37.6 Å². The van der Waals surface area contributed by atoms with Gasteiger partial charge in [-0.2, -0.15) is 10.2 Å². The molecule has 0 spiro atoms. The van der Waals surface area contributed by atoms with Crippen molar-refractivity contribution in [2.75, 3.05) is 7.05 Å². The average molecular weight is 326 g/mol. The Kier molecular flexibility index (Phi) is 4.10. The maximum absolute atomic E-state index is 4.44. The third kappa shape index (κ3) is 2.74. The van der Waals surface area contributed by atoms with Gasteiger partial charge >= 0.3 is 0 Å². The Morgan fingerprint density at radius 1 is 1.26 bits per heavy atom. The van der Waals surface area contributed by atoms with Crippen molar-refractivity contribution < 1.29 is 0 Å². The zero-order valence-corrected chi connectivity index (χ0v) is 13.6. The van der Waals surface area contributed by atoms with Gasteiger partial charge in [-0.25, -0.2) is 0 Å². The zero-order valence-electron chi connectivity index (χ0n) is 12.0. The van der Waals surface area contributed by atoms with Gasteiger partial charge in [-0.1, -0.05) is 0 Å². The molecule has 0 aliphatic heterocycles. The normalized spacial score (nSPS) is 12.9. The second kappa shape index (κ2) is 5.46. The largest absolute Gasteiger partial charge is 0.313 e. The smallest absolute Gasteiger partial charge is 0.0738 e. The molecule has 0 bridgehead atoms. The molecular formula is C13H20BrN5. The Morgan fingerprint density at radius 2 is 1.95 bits per heavy atom. The predicted molar refractivity (Wildman–Crippen MR) is 79.1 cm³/mol. The van der Waals surface area contributed by atoms with E-state index in [0.29, 0.717) is 0 Å². The van der Waals surface area contributed by atoms with Crippen LogP contribution in [0.25, 0.3) is 0 Å². The summed E-state index contributed by atoms with van der Waals surface area (Å²) in [7, 11) is 5.91. The quantitative estimate of drug-likeness (QED) is 0.935. The number of aromatic nitrogens is 4. The maximum atomic E-state index is 4.44. The van der Waals surface area contributed by atoms with Crippen LogP contribution in [-0.4, -0.2) is 26.6 Å². The van der Waals surface area contributed by atoms with Gasteiger partial charge in [-0.05, 0) is 36.8 Å². The number of rotatable bonds is 4. The van der Waals surface area contributed by atoms with Crippen molar-refractivity contribution in [1.29, 1.82) is 0 Å². The van der Waals surface area contributed by atoms with Gasteiger partial charge in [0.05, 0.1) is 21.6 Å². The van der Waals surface area contributed by atoms with Gasteiger partial charge in [-0.15, -0.1) is 0 Å². The van der Waals surface area contributed by atoms with Crippen LogP contribution in [0.1, 0.15) is 28.7 Å². The minimum Gasteiger partial charge on any atom is -0.313 e. The number of nitrogens with zero attached hydrogens (tertiary/aromatic N) is 4. The standard InChI is InChI=1S/C13H20BrN5/c1-8-10(7-18(4)16-8)11(15-3)6-12-13(14)9(2)17-19(12)5/h7,11,15H,6H2,1-5H3. The fourth-order valence-electron chi connectivity index (χ4n) is 2.42. The van der Waals surface area contributed by atoms with Crippen LogP contribution >= 0.6 is 15.9 Å². The molecule has 6 heteroatoms. The van der Waals surface area contributed by atoms with Gasteiger partial charge in [0, 0.05) is 38.3 Å². The summed E-state index contributed by atoms with van der Waals surface area (Å²) in [4.78, 5) is 0. The Hall–Kier alpha value is -1.14. The highest BCUT2D eigenvalue weighted by Gasteiger charge is 2.19. The van der Waals surface area contributed by atoms with Gasteiger partial charge in [0.2, 0.25) is 0 Å². The van der Waals surface area contributed by atoms with E-state index in [0.717, 1.165) is 22.3 Å². The average Bonchev–Trinajstić information content (AvgIpc) is 2.79. The molecule has 0 saturated carbocycles. The van der Waals surface area contributed by atoms with Crippen molar-refractivity contribution in [3.8, 4) is 0 Å². The second-order valence-electron chi connectivity index (χ2n) is 4.86. The fraction of sp³-hybridized carbons (Fsp3) is 0.538. The molecule has 2 heterocycles. The first-order valence-corrected chi connectivity index (χ1v) is 7.08. The van der Waals surface area contributed by atoms with Gasteiger partial charge in [-0.3, -0.25) is 9.36 Å². The Morgan fingerprint density at radius 3 is 2.37 bits per heavy atom. The Bertz CT molecular complexity index is 584. The number of hydrogen-bond donors (Lipinski definition) is 1. The number of hydrogen-bond acceptors (Lipinski definition) is 3. The molecule has 1 atom stereocenters. The molecule has 2 rings (SSSR count). The highest BCUT2D eigenvalue weighted by atomic mass is 79.9. The van der Waals surface area contributed by atoms with E-state index in [9.17, 15) is 0 Å². The van der Waals surface area contributed by atoms with Crippen LogP contribution in [0, 0.1) is 13.8 Å². The number of aryl methyl sites for hydroxylation is 4. The summed E-state index contributed by atoms with van der Waals surface area (Å²) in [6.07, 6.45) is 2.95. The zero-order chi connectivity index (χ0) is 14.2. The van der Waals surface area contributed by atoms with E-state index in [1.807, 2.05) is 44.4 Å². The number of likely N-dealkylation sites (N-methyl/N-ethyl adjacent to an activating group) is 1. The summed E-state index contributed by atoms with van der Waals surface area (Å²) in [6.45, 7) is 4.06. The monoisotopic (exact) mass is 325 g/mol. The summed E-state index contributed by atoms with van der Waals surface area (Å²) in [6, 6.07) is 0.236. The third-order valence-electron chi connectivity index (χ3n) is 3.43. The van der Waals surface area contributed by atoms with Gasteiger partial charge < -0.3 is 5.32 Å². The Labute approximate surface area is 122 Å². The molecule has 2 aromatic heterocycles. The van der Waals surface area contributed by atoms with Crippen molar-refractivity contribution >= 4 is 15.9 Å². The molecular weight excluding hydrogens is 306 g/mol. The van der Waals surface area contributed by atoms with Crippen molar-refractivity contribution in [1.82, 2.24) is 24.9 Å². The van der Waals surface area contributed by atoms with Crippen LogP contribution in [-0.2, 0) is 20.5 Å². The predicted octanol–water partition coefficient (Wildman–Crippen LogP) is 2.04. The summed E-state index contributed by atoms with van der Waals surface area (Å²) in [5.41, 5.74) is 4.52. The summed E-state index contributed by atoms with van der Waals surface area (Å²) < 4.78 is 4.89. The van der Waals surface area contributed by atoms with Crippen LogP contribution in [0.3, 0.4) is 0 Å². The van der Waals surface area contributed by atoms with Crippen LogP contribution < -0.4 is 5.32 Å². The summed E-state index contributed by atoms with van der Waals surface area (Å²) in [5, 5.41) is 12.2. The lowest BCUT2D eigenvalue weighted by molar-refractivity contribution is 0.557. The molecule has 1 N–H and O–H groups in total. The first kappa shape index (κ1) is 14.3. The van der Waals surface area contributed by atoms with Crippen molar-refractivity contribution in [2.45, 2.75) is 26.3 Å². The number of nitrogens with one attached hydrogen (secondary N) is 1. The third-order valence-corrected chi connectivity index (χ3v) is 4.47. The van der Waals surface area contributed by atoms with Crippen LogP contribution in [0.15, 0.2) is 10.7 Å². The van der Waals surface area contributed by atoms with E-state index in [-0.39, 0.29) is 6.04 Å². The molecule has 104 valence electrons. The van der Waals surface area contributed by atoms with Crippen molar-refractivity contribution in [3.63, 3.8) is 0 Å². The SMILES string of the molecule is CNC(Cc1c(Br)c(C)nn1C)c1cn(C)nc1C. The fourth-order valence-corrected chi connectivity index (χ4v) is 2.92. The van der Waals surface area contributed by atoms with E-state index in [4.69, 9.17) is 0 Å². The van der Waals surface area contributed by atoms with Crippen molar-refractivity contribution in [3.05, 3.63) is 33.3 Å². The van der Waals surface area contributed by atoms with Gasteiger partial charge in [0.15, 0.2) is 0 Å². The molecule has 0 aliphatic rings. The highest BCUT2D eigenvalue weighted by Crippen LogP contribution is 2.26.